The smallest absolute Gasteiger partial charge is 0.407 e. The Balaban J connectivity index is 1.79. The van der Waals surface area contributed by atoms with Crippen LogP contribution in [0.4, 0.5) is 4.79 Å². The predicted octanol–water partition coefficient (Wildman–Crippen LogP) is 1.84. The number of benzene rings is 1. The predicted molar refractivity (Wildman–Crippen MR) is 76.9 cm³/mol. The number of carbonyl (C=O) groups excluding carboxylic acids is 2. The summed E-state index contributed by atoms with van der Waals surface area (Å²) in [5.41, 5.74) is 2.03. The van der Waals surface area contributed by atoms with Crippen LogP contribution in [-0.4, -0.2) is 28.2 Å². The molecule has 0 atom stereocenters. The third-order valence-corrected chi connectivity index (χ3v) is 2.92. The number of aryl methyl sites for hydroxylation is 2. The molecule has 6 nitrogen and oxygen atoms in total. The molecular weight excluding hydrogens is 270 g/mol. The molecule has 0 bridgehead atoms. The zero-order valence-corrected chi connectivity index (χ0v) is 12.0. The van der Waals surface area contributed by atoms with Gasteiger partial charge in [-0.3, -0.25) is 9.48 Å². The van der Waals surface area contributed by atoms with Gasteiger partial charge in [0.25, 0.3) is 0 Å². The van der Waals surface area contributed by atoms with Crippen molar-refractivity contribution < 1.29 is 14.3 Å². The third kappa shape index (κ3) is 4.17. The van der Waals surface area contributed by atoms with Gasteiger partial charge in [0.15, 0.2) is 5.78 Å². The van der Waals surface area contributed by atoms with E-state index < -0.39 is 6.09 Å². The van der Waals surface area contributed by atoms with Gasteiger partial charge in [-0.1, -0.05) is 30.3 Å². The maximum Gasteiger partial charge on any atom is 0.407 e. The Morgan fingerprint density at radius 1 is 1.29 bits per heavy atom. The Labute approximate surface area is 122 Å². The zero-order valence-electron chi connectivity index (χ0n) is 12.0. The van der Waals surface area contributed by atoms with Crippen LogP contribution in [0.3, 0.4) is 0 Å². The summed E-state index contributed by atoms with van der Waals surface area (Å²) < 4.78 is 6.59. The van der Waals surface area contributed by atoms with Gasteiger partial charge in [-0.05, 0) is 12.5 Å². The van der Waals surface area contributed by atoms with E-state index in [0.717, 1.165) is 5.56 Å². The monoisotopic (exact) mass is 287 g/mol. The number of rotatable bonds is 5. The van der Waals surface area contributed by atoms with Gasteiger partial charge in [-0.15, -0.1) is 0 Å². The van der Waals surface area contributed by atoms with Gasteiger partial charge in [0, 0.05) is 13.2 Å². The van der Waals surface area contributed by atoms with E-state index >= 15 is 0 Å². The van der Waals surface area contributed by atoms with Crippen molar-refractivity contribution in [3.63, 3.8) is 0 Å². The molecule has 0 fully saturated rings. The number of nitrogens with one attached hydrogen (secondary N) is 1. The summed E-state index contributed by atoms with van der Waals surface area (Å²) in [5.74, 6) is -0.197. The van der Waals surface area contributed by atoms with Crippen LogP contribution in [0, 0.1) is 6.92 Å². The van der Waals surface area contributed by atoms with Gasteiger partial charge in [0.2, 0.25) is 0 Å². The SMILES string of the molecule is Cc1nn(C)cc1C(=O)CNC(=O)OCc1ccccc1. The minimum atomic E-state index is -0.617. The second-order valence-electron chi connectivity index (χ2n) is 4.64. The second kappa shape index (κ2) is 6.69. The van der Waals surface area contributed by atoms with Crippen LogP contribution in [0.1, 0.15) is 21.6 Å². The van der Waals surface area contributed by atoms with Crippen LogP contribution in [-0.2, 0) is 18.4 Å². The summed E-state index contributed by atoms with van der Waals surface area (Å²) in [6.07, 6.45) is 1.02. The Bertz CT molecular complexity index is 635. The zero-order chi connectivity index (χ0) is 15.2. The molecule has 6 heteroatoms. The van der Waals surface area contributed by atoms with Crippen LogP contribution >= 0.6 is 0 Å². The van der Waals surface area contributed by atoms with E-state index in [0.29, 0.717) is 11.3 Å². The molecule has 2 aromatic rings. The van der Waals surface area contributed by atoms with Gasteiger partial charge in [0.05, 0.1) is 17.8 Å². The number of hydrogen-bond donors (Lipinski definition) is 1. The highest BCUT2D eigenvalue weighted by molar-refractivity contribution is 5.99. The molecule has 110 valence electrons. The minimum Gasteiger partial charge on any atom is -0.445 e. The molecule has 0 aliphatic carbocycles. The molecule has 0 aliphatic rings. The molecule has 1 heterocycles. The molecule has 0 saturated heterocycles. The lowest BCUT2D eigenvalue weighted by Crippen LogP contribution is -2.30. The number of carbonyl (C=O) groups is 2. The average Bonchev–Trinajstić information content (AvgIpc) is 2.82. The molecule has 0 unspecified atom stereocenters. The first kappa shape index (κ1) is 14.8. The Hall–Kier alpha value is -2.63. The molecule has 21 heavy (non-hydrogen) atoms. The van der Waals surface area contributed by atoms with Crippen molar-refractivity contribution in [3.05, 3.63) is 53.3 Å². The van der Waals surface area contributed by atoms with E-state index in [1.807, 2.05) is 30.3 Å². The highest BCUT2D eigenvalue weighted by atomic mass is 16.5. The van der Waals surface area contributed by atoms with Crippen molar-refractivity contribution in [2.75, 3.05) is 6.54 Å². The van der Waals surface area contributed by atoms with E-state index in [9.17, 15) is 9.59 Å². The van der Waals surface area contributed by atoms with Crippen molar-refractivity contribution in [1.82, 2.24) is 15.1 Å². The van der Waals surface area contributed by atoms with Crippen LogP contribution < -0.4 is 5.32 Å². The van der Waals surface area contributed by atoms with E-state index in [4.69, 9.17) is 4.74 Å². The molecule has 1 N–H and O–H groups in total. The number of aromatic nitrogens is 2. The normalized spacial score (nSPS) is 10.2. The van der Waals surface area contributed by atoms with Gasteiger partial charge < -0.3 is 10.1 Å². The van der Waals surface area contributed by atoms with Crippen molar-refractivity contribution in [1.29, 1.82) is 0 Å². The van der Waals surface area contributed by atoms with Gasteiger partial charge in [-0.25, -0.2) is 4.79 Å². The Morgan fingerprint density at radius 2 is 2.00 bits per heavy atom. The van der Waals surface area contributed by atoms with Gasteiger partial charge in [-0.2, -0.15) is 5.10 Å². The highest BCUT2D eigenvalue weighted by Crippen LogP contribution is 2.05. The molecule has 2 rings (SSSR count). The van der Waals surface area contributed by atoms with Crippen LogP contribution in [0.25, 0.3) is 0 Å². The fourth-order valence-electron chi connectivity index (χ4n) is 1.90. The standard InChI is InChI=1S/C15H17N3O3/c1-11-13(9-18(2)17-11)14(19)8-16-15(20)21-10-12-6-4-3-5-7-12/h3-7,9H,8,10H2,1-2H3,(H,16,20). The number of alkyl carbamates (subject to hydrolysis) is 1. The first-order chi connectivity index (χ1) is 10.1. The lowest BCUT2D eigenvalue weighted by molar-refractivity contribution is 0.0973. The van der Waals surface area contributed by atoms with E-state index in [1.165, 1.54) is 0 Å². The molecule has 0 spiro atoms. The number of nitrogens with zero attached hydrogens (tertiary/aromatic N) is 2. The summed E-state index contributed by atoms with van der Waals surface area (Å²) >= 11 is 0. The summed E-state index contributed by atoms with van der Waals surface area (Å²) in [5, 5.41) is 6.53. The number of hydrogen-bond acceptors (Lipinski definition) is 4. The topological polar surface area (TPSA) is 73.2 Å². The van der Waals surface area contributed by atoms with Gasteiger partial charge in [0.1, 0.15) is 6.61 Å². The molecule has 0 saturated carbocycles. The Morgan fingerprint density at radius 3 is 2.62 bits per heavy atom. The molecule has 1 amide bonds. The molecular formula is C15H17N3O3. The first-order valence-corrected chi connectivity index (χ1v) is 6.54. The lowest BCUT2D eigenvalue weighted by Gasteiger charge is -2.06. The quantitative estimate of drug-likeness (QED) is 0.852. The Kier molecular flexibility index (Phi) is 4.71. The van der Waals surface area contributed by atoms with Crippen molar-refractivity contribution in [2.45, 2.75) is 13.5 Å². The number of ketones is 1. The van der Waals surface area contributed by atoms with E-state index in [1.54, 1.807) is 24.9 Å². The van der Waals surface area contributed by atoms with Crippen molar-refractivity contribution >= 4 is 11.9 Å². The lowest BCUT2D eigenvalue weighted by atomic mass is 10.2. The fraction of sp³-hybridized carbons (Fsp3) is 0.267. The maximum atomic E-state index is 11.9. The van der Waals surface area contributed by atoms with Crippen LogP contribution in [0.2, 0.25) is 0 Å². The summed E-state index contributed by atoms with van der Waals surface area (Å²) in [6.45, 7) is 1.81. The molecule has 1 aromatic carbocycles. The molecule has 0 radical (unpaired) electrons. The second-order valence-corrected chi connectivity index (χ2v) is 4.64. The van der Waals surface area contributed by atoms with Crippen molar-refractivity contribution in [3.8, 4) is 0 Å². The minimum absolute atomic E-state index is 0.111. The summed E-state index contributed by atoms with van der Waals surface area (Å²) in [7, 11) is 1.74. The van der Waals surface area contributed by atoms with Crippen LogP contribution in [0.5, 0.6) is 0 Å². The number of Topliss-reactive ketones (excluding diaryl/α,β-unsaturated/α-hetero) is 1. The van der Waals surface area contributed by atoms with Crippen LogP contribution in [0.15, 0.2) is 36.5 Å². The average molecular weight is 287 g/mol. The number of ether oxygens (including phenoxy) is 1. The first-order valence-electron chi connectivity index (χ1n) is 6.54. The van der Waals surface area contributed by atoms with Crippen molar-refractivity contribution in [2.24, 2.45) is 7.05 Å². The third-order valence-electron chi connectivity index (χ3n) is 2.92. The van der Waals surface area contributed by atoms with E-state index in [-0.39, 0.29) is 18.9 Å². The number of amides is 1. The fourth-order valence-corrected chi connectivity index (χ4v) is 1.90. The van der Waals surface area contributed by atoms with Gasteiger partial charge >= 0.3 is 6.09 Å². The summed E-state index contributed by atoms with van der Waals surface area (Å²) in [4.78, 5) is 23.5. The highest BCUT2D eigenvalue weighted by Gasteiger charge is 2.13. The molecule has 1 aromatic heterocycles. The maximum absolute atomic E-state index is 11.9. The van der Waals surface area contributed by atoms with E-state index in [2.05, 4.69) is 10.4 Å². The molecule has 0 aliphatic heterocycles. The largest absolute Gasteiger partial charge is 0.445 e. The summed E-state index contributed by atoms with van der Waals surface area (Å²) in [6, 6.07) is 9.34.